The minimum absolute atomic E-state index is 0.0495. The Labute approximate surface area is 84.8 Å². The van der Waals surface area contributed by atoms with Gasteiger partial charge in [0.25, 0.3) is 5.09 Å². The molecule has 0 N–H and O–H groups in total. The predicted molar refractivity (Wildman–Crippen MR) is 44.1 cm³/mol. The van der Waals surface area contributed by atoms with Crippen LogP contribution in [0.2, 0.25) is 0 Å². The lowest BCUT2D eigenvalue weighted by Gasteiger charge is -2.34. The molecule has 2 saturated heterocycles. The highest BCUT2D eigenvalue weighted by atomic mass is 17.0. The summed E-state index contributed by atoms with van der Waals surface area (Å²) in [5.74, 6) is -0.210. The van der Waals surface area contributed by atoms with Gasteiger partial charge in [0.15, 0.2) is 12.3 Å². The lowest BCUT2D eigenvalue weighted by molar-refractivity contribution is -0.769. The SMILES string of the molecule is CN1C(=O)CO[C@@H]2[C@@H](O[N+](=O)[O-])CO[C@@H]21. The van der Waals surface area contributed by atoms with E-state index in [1.54, 1.807) is 7.05 Å². The van der Waals surface area contributed by atoms with Crippen molar-refractivity contribution in [1.82, 2.24) is 4.90 Å². The summed E-state index contributed by atoms with van der Waals surface area (Å²) >= 11 is 0. The van der Waals surface area contributed by atoms with Crippen molar-refractivity contribution in [2.24, 2.45) is 0 Å². The molecule has 1 amide bonds. The van der Waals surface area contributed by atoms with Crippen molar-refractivity contribution in [2.45, 2.75) is 18.4 Å². The van der Waals surface area contributed by atoms with Gasteiger partial charge in [0, 0.05) is 7.05 Å². The zero-order chi connectivity index (χ0) is 11.0. The number of carbonyl (C=O) groups excluding carboxylic acids is 1. The third kappa shape index (κ3) is 1.73. The Morgan fingerprint density at radius 2 is 2.33 bits per heavy atom. The third-order valence-corrected chi connectivity index (χ3v) is 2.47. The van der Waals surface area contributed by atoms with E-state index in [4.69, 9.17) is 9.47 Å². The van der Waals surface area contributed by atoms with Gasteiger partial charge in [-0.2, -0.15) is 0 Å². The van der Waals surface area contributed by atoms with Crippen molar-refractivity contribution in [3.8, 4) is 0 Å². The third-order valence-electron chi connectivity index (χ3n) is 2.47. The second kappa shape index (κ2) is 3.63. The van der Waals surface area contributed by atoms with Gasteiger partial charge in [-0.25, -0.2) is 0 Å². The van der Waals surface area contributed by atoms with Crippen molar-refractivity contribution in [2.75, 3.05) is 20.3 Å². The number of hydrogen-bond acceptors (Lipinski definition) is 6. The predicted octanol–water partition coefficient (Wildman–Crippen LogP) is -1.22. The Hall–Kier alpha value is -1.41. The Morgan fingerprint density at radius 3 is 3.00 bits per heavy atom. The normalized spacial score (nSPS) is 35.1. The molecule has 8 heteroatoms. The molecule has 2 rings (SSSR count). The Balaban J connectivity index is 2.05. The van der Waals surface area contributed by atoms with E-state index in [1.165, 1.54) is 4.90 Å². The summed E-state index contributed by atoms with van der Waals surface area (Å²) in [6, 6.07) is 0. The van der Waals surface area contributed by atoms with E-state index in [1.807, 2.05) is 0 Å². The minimum atomic E-state index is -0.879. The number of morpholine rings is 1. The van der Waals surface area contributed by atoms with Gasteiger partial charge in [0.05, 0.1) is 6.61 Å². The van der Waals surface area contributed by atoms with E-state index in [-0.39, 0.29) is 19.1 Å². The van der Waals surface area contributed by atoms with E-state index in [2.05, 4.69) is 4.84 Å². The lowest BCUT2D eigenvalue weighted by atomic mass is 10.2. The largest absolute Gasteiger partial charge is 0.361 e. The average Bonchev–Trinajstić information content (AvgIpc) is 2.55. The number of carbonyl (C=O) groups is 1. The first-order chi connectivity index (χ1) is 7.09. The molecule has 0 saturated carbocycles. The van der Waals surface area contributed by atoms with Crippen LogP contribution in [-0.4, -0.2) is 54.6 Å². The number of amides is 1. The van der Waals surface area contributed by atoms with Crippen molar-refractivity contribution >= 4 is 5.91 Å². The zero-order valence-corrected chi connectivity index (χ0v) is 7.99. The number of fused-ring (bicyclic) bond motifs is 1. The summed E-state index contributed by atoms with van der Waals surface area (Å²) < 4.78 is 10.4. The molecule has 2 aliphatic heterocycles. The van der Waals surface area contributed by atoms with E-state index < -0.39 is 23.5 Å². The van der Waals surface area contributed by atoms with Crippen LogP contribution < -0.4 is 0 Å². The molecule has 3 atom stereocenters. The van der Waals surface area contributed by atoms with Gasteiger partial charge in [-0.1, -0.05) is 0 Å². The second-order valence-corrected chi connectivity index (χ2v) is 3.37. The van der Waals surface area contributed by atoms with Crippen LogP contribution in [0.15, 0.2) is 0 Å². The number of ether oxygens (including phenoxy) is 2. The molecule has 0 bridgehead atoms. The second-order valence-electron chi connectivity index (χ2n) is 3.37. The highest BCUT2D eigenvalue weighted by Gasteiger charge is 2.47. The van der Waals surface area contributed by atoms with E-state index in [0.717, 1.165) is 0 Å². The van der Waals surface area contributed by atoms with Crippen LogP contribution in [0.25, 0.3) is 0 Å². The quantitative estimate of drug-likeness (QED) is 0.426. The number of rotatable bonds is 2. The van der Waals surface area contributed by atoms with Gasteiger partial charge in [0.2, 0.25) is 5.91 Å². The van der Waals surface area contributed by atoms with E-state index in [9.17, 15) is 14.9 Å². The molecule has 2 heterocycles. The summed E-state index contributed by atoms with van der Waals surface area (Å²) in [5.41, 5.74) is 0. The molecule has 0 aromatic heterocycles. The van der Waals surface area contributed by atoms with Crippen molar-refractivity contribution in [3.05, 3.63) is 10.1 Å². The number of hydrogen-bond donors (Lipinski definition) is 0. The zero-order valence-electron chi connectivity index (χ0n) is 7.99. The Bertz CT molecular complexity index is 295. The molecular formula is C7H10N2O6. The van der Waals surface area contributed by atoms with Crippen LogP contribution in [0, 0.1) is 10.1 Å². The Morgan fingerprint density at radius 1 is 1.60 bits per heavy atom. The fraction of sp³-hybridized carbons (Fsp3) is 0.857. The molecule has 2 aliphatic rings. The van der Waals surface area contributed by atoms with Crippen LogP contribution in [0.5, 0.6) is 0 Å². The van der Waals surface area contributed by atoms with Crippen molar-refractivity contribution < 1.29 is 24.2 Å². The van der Waals surface area contributed by atoms with Gasteiger partial charge in [-0.3, -0.25) is 4.79 Å². The molecule has 8 nitrogen and oxygen atoms in total. The van der Waals surface area contributed by atoms with E-state index in [0.29, 0.717) is 0 Å². The number of nitrogens with zero attached hydrogens (tertiary/aromatic N) is 2. The maximum absolute atomic E-state index is 11.2. The molecule has 84 valence electrons. The molecule has 0 aromatic rings. The molecule has 2 fully saturated rings. The minimum Gasteiger partial charge on any atom is -0.361 e. The van der Waals surface area contributed by atoms with Gasteiger partial charge >= 0.3 is 0 Å². The first kappa shape index (κ1) is 10.1. The van der Waals surface area contributed by atoms with Gasteiger partial charge in [-0.05, 0) is 0 Å². The van der Waals surface area contributed by atoms with Crippen LogP contribution >= 0.6 is 0 Å². The molecule has 0 aliphatic carbocycles. The maximum atomic E-state index is 11.2. The van der Waals surface area contributed by atoms with Gasteiger partial charge in [0.1, 0.15) is 12.7 Å². The molecule has 0 radical (unpaired) electrons. The van der Waals surface area contributed by atoms with Crippen LogP contribution in [0.3, 0.4) is 0 Å². The molecular weight excluding hydrogens is 208 g/mol. The first-order valence-corrected chi connectivity index (χ1v) is 4.39. The Kier molecular flexibility index (Phi) is 2.45. The summed E-state index contributed by atoms with van der Waals surface area (Å²) in [6.07, 6.45) is -1.94. The van der Waals surface area contributed by atoms with Gasteiger partial charge < -0.3 is 19.2 Å². The van der Waals surface area contributed by atoms with Crippen molar-refractivity contribution in [1.29, 1.82) is 0 Å². The fourth-order valence-electron chi connectivity index (χ4n) is 1.70. The topological polar surface area (TPSA) is 91.1 Å². The molecule has 0 spiro atoms. The summed E-state index contributed by atoms with van der Waals surface area (Å²) in [5, 5.41) is 9.29. The average molecular weight is 218 g/mol. The molecule has 0 unspecified atom stereocenters. The van der Waals surface area contributed by atoms with Crippen LogP contribution in [0.4, 0.5) is 0 Å². The molecule has 15 heavy (non-hydrogen) atoms. The van der Waals surface area contributed by atoms with E-state index >= 15 is 0 Å². The highest BCUT2D eigenvalue weighted by molar-refractivity contribution is 5.78. The molecule has 0 aromatic carbocycles. The smallest absolute Gasteiger partial charge is 0.294 e. The maximum Gasteiger partial charge on any atom is 0.294 e. The standard InChI is InChI=1S/C7H10N2O6/c1-8-5(10)3-13-6-4(15-9(11)12)2-14-7(6)8/h4,6-7H,2-3H2,1H3/t4-,6+,7-/m0/s1. The summed E-state index contributed by atoms with van der Waals surface area (Å²) in [7, 11) is 1.57. The summed E-state index contributed by atoms with van der Waals surface area (Å²) in [6.45, 7) is -0.0491. The van der Waals surface area contributed by atoms with Crippen LogP contribution in [-0.2, 0) is 19.1 Å². The van der Waals surface area contributed by atoms with Crippen molar-refractivity contribution in [3.63, 3.8) is 0 Å². The lowest BCUT2D eigenvalue weighted by Crippen LogP contribution is -2.53. The fourth-order valence-corrected chi connectivity index (χ4v) is 1.70. The first-order valence-electron chi connectivity index (χ1n) is 4.39. The van der Waals surface area contributed by atoms with Gasteiger partial charge in [-0.15, -0.1) is 10.1 Å². The highest BCUT2D eigenvalue weighted by Crippen LogP contribution is 2.26. The van der Waals surface area contributed by atoms with Crippen LogP contribution in [0.1, 0.15) is 0 Å². The summed E-state index contributed by atoms with van der Waals surface area (Å²) in [4.78, 5) is 27.2. The number of likely N-dealkylation sites (N-methyl/N-ethyl adjacent to an activating group) is 1. The monoisotopic (exact) mass is 218 g/mol.